The van der Waals surface area contributed by atoms with Crippen LogP contribution in [0.15, 0.2) is 36.5 Å². The van der Waals surface area contributed by atoms with E-state index in [1.807, 2.05) is 58.9 Å². The second kappa shape index (κ2) is 8.10. The molecule has 0 radical (unpaired) electrons. The van der Waals surface area contributed by atoms with Gasteiger partial charge in [0.1, 0.15) is 13.7 Å². The summed E-state index contributed by atoms with van der Waals surface area (Å²) in [5.41, 5.74) is 3.09. The van der Waals surface area contributed by atoms with Gasteiger partial charge in [0.05, 0.1) is 5.69 Å². The smallest absolute Gasteiger partial charge is 0.315 e. The van der Waals surface area contributed by atoms with Crippen molar-refractivity contribution in [1.82, 2.24) is 25.2 Å². The number of carbonyl (C=O) groups is 1. The quantitative estimate of drug-likeness (QED) is 0.452. The summed E-state index contributed by atoms with van der Waals surface area (Å²) < 4.78 is 1.75. The maximum atomic E-state index is 11.9. The average molecular weight is 399 g/mol. The molecular formula is C19H24BClN6O. The van der Waals surface area contributed by atoms with Gasteiger partial charge < -0.3 is 16.0 Å². The molecule has 0 saturated heterocycles. The summed E-state index contributed by atoms with van der Waals surface area (Å²) in [7, 11) is 1.97. The van der Waals surface area contributed by atoms with Crippen LogP contribution < -0.4 is 21.4 Å². The molecule has 2 amide bonds. The first-order valence-electron chi connectivity index (χ1n) is 9.15. The maximum absolute atomic E-state index is 11.9. The third-order valence-electron chi connectivity index (χ3n) is 4.00. The van der Waals surface area contributed by atoms with E-state index in [4.69, 9.17) is 16.6 Å². The van der Waals surface area contributed by atoms with Crippen molar-refractivity contribution in [2.24, 2.45) is 0 Å². The Morgan fingerprint density at radius 2 is 2.00 bits per heavy atom. The second-order valence-electron chi connectivity index (χ2n) is 7.63. The zero-order valence-electron chi connectivity index (χ0n) is 16.5. The van der Waals surface area contributed by atoms with Crippen LogP contribution in [-0.2, 0) is 0 Å². The summed E-state index contributed by atoms with van der Waals surface area (Å²) in [4.78, 5) is 16.6. The number of benzene rings is 1. The Morgan fingerprint density at radius 3 is 2.71 bits per heavy atom. The third-order valence-corrected chi connectivity index (χ3v) is 4.33. The van der Waals surface area contributed by atoms with E-state index in [0.29, 0.717) is 18.1 Å². The van der Waals surface area contributed by atoms with Crippen LogP contribution in [0.1, 0.15) is 20.8 Å². The molecule has 146 valence electrons. The topological polar surface area (TPSA) is 83.3 Å². The van der Waals surface area contributed by atoms with Crippen molar-refractivity contribution >= 4 is 42.4 Å². The highest BCUT2D eigenvalue weighted by Gasteiger charge is 2.14. The number of fused-ring (bicyclic) bond motifs is 1. The fraction of sp³-hybridized carbons (Fsp3) is 0.316. The van der Waals surface area contributed by atoms with Gasteiger partial charge >= 0.3 is 6.03 Å². The van der Waals surface area contributed by atoms with Crippen molar-refractivity contribution in [3.63, 3.8) is 0 Å². The molecule has 3 N–H and O–H groups in total. The Bertz CT molecular complexity index is 998. The van der Waals surface area contributed by atoms with Gasteiger partial charge in [-0.3, -0.25) is 0 Å². The maximum Gasteiger partial charge on any atom is 0.315 e. The van der Waals surface area contributed by atoms with Gasteiger partial charge in [-0.05, 0) is 32.3 Å². The lowest BCUT2D eigenvalue weighted by molar-refractivity contribution is 0.232. The first-order chi connectivity index (χ1) is 13.2. The summed E-state index contributed by atoms with van der Waals surface area (Å²) in [6.45, 7) is 6.82. The standard InChI is InChI=1S/C19H24BClN6O/c1-19(2,3)26-18(28)23-9-8-22-16-10-15(12-6-4-5-7-14(12)21)25-17-13(20)11-24-27(16)17/h4-7,10-11,22H,8-9,20H2,1-3H3,(H2,23,26,28). The van der Waals surface area contributed by atoms with Crippen LogP contribution in [0.5, 0.6) is 0 Å². The van der Waals surface area contributed by atoms with E-state index in [9.17, 15) is 4.79 Å². The zero-order chi connectivity index (χ0) is 20.3. The average Bonchev–Trinajstić information content (AvgIpc) is 2.99. The highest BCUT2D eigenvalue weighted by Crippen LogP contribution is 2.28. The number of aromatic nitrogens is 3. The van der Waals surface area contributed by atoms with Crippen LogP contribution in [0.3, 0.4) is 0 Å². The summed E-state index contributed by atoms with van der Waals surface area (Å²) in [6, 6.07) is 9.33. The van der Waals surface area contributed by atoms with Gasteiger partial charge in [0, 0.05) is 41.5 Å². The number of halogens is 1. The van der Waals surface area contributed by atoms with E-state index in [2.05, 4.69) is 21.0 Å². The molecule has 0 fully saturated rings. The molecule has 28 heavy (non-hydrogen) atoms. The van der Waals surface area contributed by atoms with Crippen molar-refractivity contribution < 1.29 is 4.79 Å². The fourth-order valence-electron chi connectivity index (χ4n) is 2.76. The highest BCUT2D eigenvalue weighted by atomic mass is 35.5. The molecule has 7 nitrogen and oxygen atoms in total. The Balaban J connectivity index is 1.77. The first kappa shape index (κ1) is 20.0. The summed E-state index contributed by atoms with van der Waals surface area (Å²) in [6.07, 6.45) is 1.78. The number of hydrogen-bond acceptors (Lipinski definition) is 4. The SMILES string of the molecule is Bc1cnn2c(NCCNC(=O)NC(C)(C)C)cc(-c3ccccc3Cl)nc12. The molecule has 1 aromatic carbocycles. The Kier molecular flexibility index (Phi) is 5.79. The molecule has 0 spiro atoms. The van der Waals surface area contributed by atoms with Gasteiger partial charge in [-0.1, -0.05) is 29.8 Å². The number of hydrogen-bond donors (Lipinski definition) is 3. The van der Waals surface area contributed by atoms with Crippen LogP contribution in [0.25, 0.3) is 16.9 Å². The molecule has 0 aliphatic rings. The second-order valence-corrected chi connectivity index (χ2v) is 8.03. The van der Waals surface area contributed by atoms with E-state index in [1.165, 1.54) is 0 Å². The molecule has 3 rings (SSSR count). The fourth-order valence-corrected chi connectivity index (χ4v) is 2.99. The molecule has 0 unspecified atom stereocenters. The summed E-state index contributed by atoms with van der Waals surface area (Å²) >= 11 is 6.35. The Morgan fingerprint density at radius 1 is 1.25 bits per heavy atom. The summed E-state index contributed by atoms with van der Waals surface area (Å²) in [5, 5.41) is 14.1. The molecule has 0 saturated carbocycles. The normalized spacial score (nSPS) is 11.4. The van der Waals surface area contributed by atoms with Crippen LogP contribution in [0.4, 0.5) is 10.6 Å². The largest absolute Gasteiger partial charge is 0.368 e. The lowest BCUT2D eigenvalue weighted by atomic mass is 10.0. The van der Waals surface area contributed by atoms with Crippen molar-refractivity contribution in [1.29, 1.82) is 0 Å². The van der Waals surface area contributed by atoms with E-state index in [-0.39, 0.29) is 11.6 Å². The number of nitrogens with zero attached hydrogens (tertiary/aromatic N) is 3. The lowest BCUT2D eigenvalue weighted by Crippen LogP contribution is -2.47. The number of rotatable bonds is 5. The Labute approximate surface area is 170 Å². The van der Waals surface area contributed by atoms with Gasteiger partial charge in [0.15, 0.2) is 5.65 Å². The van der Waals surface area contributed by atoms with Crippen molar-refractivity contribution in [2.75, 3.05) is 18.4 Å². The number of anilines is 1. The van der Waals surface area contributed by atoms with Crippen molar-refractivity contribution in [3.05, 3.63) is 41.6 Å². The predicted octanol–water partition coefficient (Wildman–Crippen LogP) is 1.82. The highest BCUT2D eigenvalue weighted by molar-refractivity contribution is 6.36. The lowest BCUT2D eigenvalue weighted by Gasteiger charge is -2.20. The number of nitrogens with one attached hydrogen (secondary N) is 3. The van der Waals surface area contributed by atoms with Gasteiger partial charge in [-0.25, -0.2) is 9.78 Å². The molecule has 0 aliphatic carbocycles. The monoisotopic (exact) mass is 398 g/mol. The predicted molar refractivity (Wildman–Crippen MR) is 116 cm³/mol. The van der Waals surface area contributed by atoms with Gasteiger partial charge in [-0.2, -0.15) is 9.61 Å². The first-order valence-corrected chi connectivity index (χ1v) is 9.52. The summed E-state index contributed by atoms with van der Waals surface area (Å²) in [5.74, 6) is 0.783. The van der Waals surface area contributed by atoms with Crippen molar-refractivity contribution in [3.8, 4) is 11.3 Å². The molecule has 9 heteroatoms. The zero-order valence-corrected chi connectivity index (χ0v) is 17.3. The third kappa shape index (κ3) is 4.75. The molecule has 0 bridgehead atoms. The van der Waals surface area contributed by atoms with Crippen LogP contribution in [0, 0.1) is 0 Å². The molecule has 0 aliphatic heterocycles. The minimum atomic E-state index is -0.273. The van der Waals surface area contributed by atoms with E-state index >= 15 is 0 Å². The van der Waals surface area contributed by atoms with E-state index in [1.54, 1.807) is 10.7 Å². The van der Waals surface area contributed by atoms with Gasteiger partial charge in [0.2, 0.25) is 0 Å². The molecule has 2 aromatic heterocycles. The number of urea groups is 1. The minimum Gasteiger partial charge on any atom is -0.368 e. The molecule has 3 aromatic rings. The van der Waals surface area contributed by atoms with Gasteiger partial charge in [0.25, 0.3) is 0 Å². The Hall–Kier alpha value is -2.74. The molecular weight excluding hydrogens is 375 g/mol. The van der Waals surface area contributed by atoms with Crippen LogP contribution in [0.2, 0.25) is 5.02 Å². The molecule has 2 heterocycles. The van der Waals surface area contributed by atoms with E-state index in [0.717, 1.165) is 28.2 Å². The number of amides is 2. The van der Waals surface area contributed by atoms with Crippen LogP contribution >= 0.6 is 11.6 Å². The van der Waals surface area contributed by atoms with E-state index < -0.39 is 0 Å². The van der Waals surface area contributed by atoms with Gasteiger partial charge in [-0.15, -0.1) is 0 Å². The molecule has 0 atom stereocenters. The van der Waals surface area contributed by atoms with Crippen LogP contribution in [-0.4, -0.2) is 47.1 Å². The minimum absolute atomic E-state index is 0.194. The van der Waals surface area contributed by atoms with Crippen molar-refractivity contribution in [2.45, 2.75) is 26.3 Å². The number of carbonyl (C=O) groups excluding carboxylic acids is 1.